The summed E-state index contributed by atoms with van der Waals surface area (Å²) in [4.78, 5) is 43.5. The average Bonchev–Trinajstić information content (AvgIpc) is 2.77. The molecule has 8 nitrogen and oxygen atoms in total. The van der Waals surface area contributed by atoms with Crippen LogP contribution in [0.5, 0.6) is 5.75 Å². The van der Waals surface area contributed by atoms with E-state index in [4.69, 9.17) is 10.5 Å². The van der Waals surface area contributed by atoms with E-state index in [1.165, 1.54) is 17.3 Å². The number of nitrogens with two attached hydrogens (primary N) is 1. The van der Waals surface area contributed by atoms with Gasteiger partial charge in [-0.05, 0) is 30.2 Å². The number of nitrogens with zero attached hydrogens (tertiary/aromatic N) is 1. The van der Waals surface area contributed by atoms with Crippen molar-refractivity contribution in [3.05, 3.63) is 81.1 Å². The highest BCUT2D eigenvalue weighted by Crippen LogP contribution is 2.35. The van der Waals surface area contributed by atoms with Gasteiger partial charge in [-0.2, -0.15) is 0 Å². The fourth-order valence-electron chi connectivity index (χ4n) is 3.49. The predicted octanol–water partition coefficient (Wildman–Crippen LogP) is 2.71. The number of thioether (sulfide) groups is 1. The summed E-state index contributed by atoms with van der Waals surface area (Å²) < 4.78 is 5.27. The van der Waals surface area contributed by atoms with Crippen LogP contribution in [0.3, 0.4) is 0 Å². The lowest BCUT2D eigenvalue weighted by Gasteiger charge is -2.24. The molecule has 0 bridgehead atoms. The lowest BCUT2D eigenvalue weighted by atomic mass is 9.87. The Morgan fingerprint density at radius 3 is 2.56 bits per heavy atom. The molecule has 2 aromatic carbocycles. The van der Waals surface area contributed by atoms with Crippen LogP contribution >= 0.6 is 11.8 Å². The summed E-state index contributed by atoms with van der Waals surface area (Å²) in [6.07, 6.45) is 0.134. The Balaban J connectivity index is 1.56. The number of aromatic amines is 1. The topological polar surface area (TPSA) is 127 Å². The molecular formula is C23H22N4O4S. The van der Waals surface area contributed by atoms with Gasteiger partial charge in [0, 0.05) is 18.1 Å². The second-order valence-corrected chi connectivity index (χ2v) is 8.50. The number of amides is 2. The number of carbonyl (C=O) groups is 2. The van der Waals surface area contributed by atoms with Crippen molar-refractivity contribution >= 4 is 29.4 Å². The van der Waals surface area contributed by atoms with E-state index in [2.05, 4.69) is 15.3 Å². The Kier molecular flexibility index (Phi) is 6.27. The van der Waals surface area contributed by atoms with E-state index >= 15 is 0 Å². The maximum absolute atomic E-state index is 12.9. The van der Waals surface area contributed by atoms with E-state index < -0.39 is 11.8 Å². The Morgan fingerprint density at radius 1 is 1.16 bits per heavy atom. The van der Waals surface area contributed by atoms with Crippen LogP contribution < -0.4 is 21.3 Å². The van der Waals surface area contributed by atoms with Gasteiger partial charge in [-0.15, -0.1) is 0 Å². The molecule has 9 heteroatoms. The molecule has 0 fully saturated rings. The molecule has 32 heavy (non-hydrogen) atoms. The Labute approximate surface area is 188 Å². The molecule has 1 aromatic heterocycles. The number of carbonyl (C=O) groups excluding carboxylic acids is 2. The highest BCUT2D eigenvalue weighted by Gasteiger charge is 2.31. The molecule has 0 saturated heterocycles. The van der Waals surface area contributed by atoms with Crippen LogP contribution in [0.1, 0.15) is 34.6 Å². The molecule has 3 aromatic rings. The molecule has 1 aliphatic rings. The third-order valence-corrected chi connectivity index (χ3v) is 6.03. The molecule has 4 rings (SSSR count). The van der Waals surface area contributed by atoms with Gasteiger partial charge >= 0.3 is 0 Å². The van der Waals surface area contributed by atoms with E-state index in [0.29, 0.717) is 22.2 Å². The molecule has 1 atom stereocenters. The third-order valence-electron chi connectivity index (χ3n) is 5.09. The minimum absolute atomic E-state index is 0.134. The minimum Gasteiger partial charge on any atom is -0.484 e. The number of aromatic nitrogens is 2. The van der Waals surface area contributed by atoms with Crippen molar-refractivity contribution in [3.8, 4) is 5.75 Å². The molecule has 0 spiro atoms. The summed E-state index contributed by atoms with van der Waals surface area (Å²) in [6.45, 7) is 1.81. The zero-order chi connectivity index (χ0) is 22.7. The van der Waals surface area contributed by atoms with E-state index in [1.807, 2.05) is 31.2 Å². The number of ether oxygens (including phenoxy) is 1. The van der Waals surface area contributed by atoms with Gasteiger partial charge in [-0.25, -0.2) is 4.98 Å². The molecule has 1 aliphatic heterocycles. The fraction of sp³-hybridized carbons (Fsp3) is 0.217. The zero-order valence-corrected chi connectivity index (χ0v) is 18.2. The normalized spacial score (nSPS) is 15.0. The van der Waals surface area contributed by atoms with Gasteiger partial charge in [-0.1, -0.05) is 53.7 Å². The van der Waals surface area contributed by atoms with Crippen LogP contribution in [0.4, 0.5) is 5.82 Å². The predicted molar refractivity (Wildman–Crippen MR) is 122 cm³/mol. The summed E-state index contributed by atoms with van der Waals surface area (Å²) >= 11 is 1.40. The smallest absolute Gasteiger partial charge is 0.257 e. The van der Waals surface area contributed by atoms with Gasteiger partial charge in [-0.3, -0.25) is 14.4 Å². The van der Waals surface area contributed by atoms with Gasteiger partial charge in [0.15, 0.2) is 11.8 Å². The Hall–Kier alpha value is -3.59. The fourth-order valence-corrected chi connectivity index (χ4v) is 4.31. The second kappa shape index (κ2) is 9.27. The van der Waals surface area contributed by atoms with Gasteiger partial charge in [0.05, 0.1) is 5.56 Å². The molecule has 2 amide bonds. The minimum atomic E-state index is -0.569. The summed E-state index contributed by atoms with van der Waals surface area (Å²) in [5, 5.41) is 3.18. The lowest BCUT2D eigenvalue weighted by Crippen LogP contribution is -2.31. The highest BCUT2D eigenvalue weighted by atomic mass is 32.2. The molecule has 0 aliphatic carbocycles. The monoisotopic (exact) mass is 450 g/mol. The largest absolute Gasteiger partial charge is 0.484 e. The number of hydrogen-bond donors (Lipinski definition) is 3. The van der Waals surface area contributed by atoms with Gasteiger partial charge < -0.3 is 20.8 Å². The Bertz CT molecular complexity index is 1210. The molecule has 0 unspecified atom stereocenters. The summed E-state index contributed by atoms with van der Waals surface area (Å²) in [7, 11) is 0. The number of primary amides is 1. The van der Waals surface area contributed by atoms with E-state index in [-0.39, 0.29) is 30.3 Å². The molecule has 2 heterocycles. The van der Waals surface area contributed by atoms with Crippen molar-refractivity contribution in [1.82, 2.24) is 9.97 Å². The number of aryl methyl sites for hydroxylation is 1. The first-order valence-electron chi connectivity index (χ1n) is 10.0. The first kappa shape index (κ1) is 21.6. The van der Waals surface area contributed by atoms with Crippen molar-refractivity contribution < 1.29 is 14.3 Å². The molecule has 0 saturated carbocycles. The van der Waals surface area contributed by atoms with Crippen molar-refractivity contribution in [2.75, 3.05) is 11.9 Å². The second-order valence-electron chi connectivity index (χ2n) is 7.54. The van der Waals surface area contributed by atoms with Crippen LogP contribution in [0, 0.1) is 6.92 Å². The number of nitrogens with one attached hydrogen (secondary N) is 2. The maximum Gasteiger partial charge on any atom is 0.257 e. The van der Waals surface area contributed by atoms with Gasteiger partial charge in [0.2, 0.25) is 5.91 Å². The lowest BCUT2D eigenvalue weighted by molar-refractivity contribution is -0.120. The van der Waals surface area contributed by atoms with Crippen LogP contribution in [-0.4, -0.2) is 28.4 Å². The molecule has 4 N–H and O–H groups in total. The van der Waals surface area contributed by atoms with E-state index in [0.717, 1.165) is 11.1 Å². The summed E-state index contributed by atoms with van der Waals surface area (Å²) in [5.74, 6) is 0.200. The number of anilines is 1. The van der Waals surface area contributed by atoms with Gasteiger partial charge in [0.25, 0.3) is 11.5 Å². The van der Waals surface area contributed by atoms with Gasteiger partial charge in [0.1, 0.15) is 11.6 Å². The first-order valence-corrected chi connectivity index (χ1v) is 11.0. The van der Waals surface area contributed by atoms with Crippen molar-refractivity contribution in [2.45, 2.75) is 30.2 Å². The molecular weight excluding hydrogens is 428 g/mol. The van der Waals surface area contributed by atoms with E-state index in [9.17, 15) is 14.4 Å². The number of rotatable bonds is 7. The third kappa shape index (κ3) is 5.00. The quantitative estimate of drug-likeness (QED) is 0.375. The SMILES string of the molecule is Cc1ccc(CSc2nc3c(c(=O)[nH]2)[C@H](c2ccc(OCC(N)=O)cc2)CC(=O)N3)cc1. The van der Waals surface area contributed by atoms with Crippen LogP contribution in [0.25, 0.3) is 0 Å². The average molecular weight is 451 g/mol. The maximum atomic E-state index is 12.9. The van der Waals surface area contributed by atoms with Crippen LogP contribution in [-0.2, 0) is 15.3 Å². The number of hydrogen-bond acceptors (Lipinski definition) is 6. The summed E-state index contributed by atoms with van der Waals surface area (Å²) in [6, 6.07) is 15.0. The Morgan fingerprint density at radius 2 is 1.88 bits per heavy atom. The van der Waals surface area contributed by atoms with Crippen molar-refractivity contribution in [3.63, 3.8) is 0 Å². The molecule has 164 valence electrons. The van der Waals surface area contributed by atoms with E-state index in [1.54, 1.807) is 24.3 Å². The van der Waals surface area contributed by atoms with Crippen molar-refractivity contribution in [2.24, 2.45) is 5.73 Å². The van der Waals surface area contributed by atoms with Crippen molar-refractivity contribution in [1.29, 1.82) is 0 Å². The zero-order valence-electron chi connectivity index (χ0n) is 17.4. The van der Waals surface area contributed by atoms with Crippen LogP contribution in [0.2, 0.25) is 0 Å². The standard InChI is InChI=1S/C23H22N4O4S/c1-13-2-4-14(5-3-13)12-32-23-26-21-20(22(30)27-23)17(10-19(29)25-21)15-6-8-16(9-7-15)31-11-18(24)28/h2-9,17H,10-12H2,1H3,(H2,24,28)(H2,25,26,27,29,30)/t17-/m0/s1. The number of benzene rings is 2. The number of H-pyrrole nitrogens is 1. The highest BCUT2D eigenvalue weighted by molar-refractivity contribution is 7.98. The van der Waals surface area contributed by atoms with Crippen LogP contribution in [0.15, 0.2) is 58.5 Å². The summed E-state index contributed by atoms with van der Waals surface area (Å²) in [5.41, 5.74) is 8.31. The molecule has 0 radical (unpaired) electrons. The first-order chi connectivity index (χ1) is 15.4. The number of fused-ring (bicyclic) bond motifs is 1.